The van der Waals surface area contributed by atoms with Crippen LogP contribution in [0.2, 0.25) is 0 Å². The first-order valence-corrected chi connectivity index (χ1v) is 6.17. The Kier molecular flexibility index (Phi) is 4.14. The van der Waals surface area contributed by atoms with Crippen molar-refractivity contribution in [1.82, 2.24) is 0 Å². The second-order valence-corrected chi connectivity index (χ2v) is 4.43. The molecule has 0 aromatic heterocycles. The summed E-state index contributed by atoms with van der Waals surface area (Å²) in [6.07, 6.45) is 3.18. The van der Waals surface area contributed by atoms with E-state index in [1.807, 2.05) is 62.4 Å². The van der Waals surface area contributed by atoms with E-state index in [2.05, 4.69) is 0 Å². The lowest BCUT2D eigenvalue weighted by Gasteiger charge is -2.05. The molecule has 2 nitrogen and oxygen atoms in total. The van der Waals surface area contributed by atoms with Gasteiger partial charge in [0.05, 0.1) is 0 Å². The summed E-state index contributed by atoms with van der Waals surface area (Å²) in [5, 5.41) is 0. The molecule has 0 atom stereocenters. The molecule has 96 valence electrons. The van der Waals surface area contributed by atoms with E-state index in [9.17, 15) is 4.79 Å². The predicted octanol–water partition coefficient (Wildman–Crippen LogP) is 3.92. The minimum absolute atomic E-state index is 0.365. The van der Waals surface area contributed by atoms with E-state index in [1.165, 1.54) is 6.08 Å². The van der Waals surface area contributed by atoms with Gasteiger partial charge >= 0.3 is 5.97 Å². The van der Waals surface area contributed by atoms with Gasteiger partial charge < -0.3 is 4.74 Å². The van der Waals surface area contributed by atoms with Crippen molar-refractivity contribution < 1.29 is 9.53 Å². The summed E-state index contributed by atoms with van der Waals surface area (Å²) in [7, 11) is 0. The Morgan fingerprint density at radius 3 is 2.47 bits per heavy atom. The fourth-order valence-corrected chi connectivity index (χ4v) is 1.78. The minimum Gasteiger partial charge on any atom is -0.423 e. The molecule has 0 aliphatic heterocycles. The topological polar surface area (TPSA) is 26.3 Å². The van der Waals surface area contributed by atoms with Gasteiger partial charge in [0, 0.05) is 6.08 Å². The lowest BCUT2D eigenvalue weighted by Crippen LogP contribution is -2.04. The molecule has 2 aromatic carbocycles. The molecule has 0 radical (unpaired) electrons. The van der Waals surface area contributed by atoms with Crippen molar-refractivity contribution in [2.75, 3.05) is 0 Å². The van der Waals surface area contributed by atoms with Crippen LogP contribution < -0.4 is 4.74 Å². The third-order valence-corrected chi connectivity index (χ3v) is 2.75. The molecule has 2 rings (SSSR count). The standard InChI is InChI=1S/C17H16O2/c1-13-8-10-16(14(2)12-13)19-17(18)11-9-15-6-4-3-5-7-15/h3-12H,1-2H3. The van der Waals surface area contributed by atoms with Crippen LogP contribution in [0.1, 0.15) is 16.7 Å². The zero-order chi connectivity index (χ0) is 13.7. The summed E-state index contributed by atoms with van der Waals surface area (Å²) in [5.74, 6) is 0.240. The summed E-state index contributed by atoms with van der Waals surface area (Å²) >= 11 is 0. The minimum atomic E-state index is -0.365. The summed E-state index contributed by atoms with van der Waals surface area (Å²) in [6, 6.07) is 15.4. The Bertz CT molecular complexity index is 598. The highest BCUT2D eigenvalue weighted by molar-refractivity contribution is 5.88. The number of aryl methyl sites for hydroxylation is 2. The van der Waals surface area contributed by atoms with Crippen molar-refractivity contribution in [1.29, 1.82) is 0 Å². The summed E-state index contributed by atoms with van der Waals surface area (Å²) in [6.45, 7) is 3.93. The number of carbonyl (C=O) groups is 1. The number of hydrogen-bond acceptors (Lipinski definition) is 2. The molecule has 2 aromatic rings. The molecular formula is C17H16O2. The van der Waals surface area contributed by atoms with E-state index >= 15 is 0 Å². The number of esters is 1. The van der Waals surface area contributed by atoms with E-state index < -0.39 is 0 Å². The smallest absolute Gasteiger partial charge is 0.336 e. The van der Waals surface area contributed by atoms with Crippen LogP contribution in [0.4, 0.5) is 0 Å². The third-order valence-electron chi connectivity index (χ3n) is 2.75. The Hall–Kier alpha value is -2.35. The van der Waals surface area contributed by atoms with Crippen molar-refractivity contribution >= 4 is 12.0 Å². The van der Waals surface area contributed by atoms with Crippen LogP contribution in [0, 0.1) is 13.8 Å². The number of rotatable bonds is 3. The second-order valence-electron chi connectivity index (χ2n) is 4.43. The van der Waals surface area contributed by atoms with Crippen LogP contribution in [0.25, 0.3) is 6.08 Å². The Morgan fingerprint density at radius 2 is 1.79 bits per heavy atom. The predicted molar refractivity (Wildman–Crippen MR) is 77.0 cm³/mol. The maximum atomic E-state index is 11.7. The SMILES string of the molecule is Cc1ccc(OC(=O)C=Cc2ccccc2)c(C)c1. The van der Waals surface area contributed by atoms with Crippen LogP contribution in [0.5, 0.6) is 5.75 Å². The van der Waals surface area contributed by atoms with Crippen molar-refractivity contribution in [2.45, 2.75) is 13.8 Å². The molecule has 0 spiro atoms. The van der Waals surface area contributed by atoms with E-state index in [0.717, 1.165) is 16.7 Å². The second kappa shape index (κ2) is 6.01. The van der Waals surface area contributed by atoms with Gasteiger partial charge in [0.1, 0.15) is 5.75 Å². The van der Waals surface area contributed by atoms with Crippen molar-refractivity contribution in [3.8, 4) is 5.75 Å². The molecule has 0 saturated carbocycles. The number of carbonyl (C=O) groups excluding carboxylic acids is 1. The van der Waals surface area contributed by atoms with Crippen molar-refractivity contribution in [2.24, 2.45) is 0 Å². The highest BCUT2D eigenvalue weighted by atomic mass is 16.5. The summed E-state index contributed by atoms with van der Waals surface area (Å²) < 4.78 is 5.30. The molecule has 0 amide bonds. The maximum Gasteiger partial charge on any atom is 0.336 e. The molecule has 0 aliphatic carbocycles. The lowest BCUT2D eigenvalue weighted by molar-refractivity contribution is -0.128. The van der Waals surface area contributed by atoms with E-state index in [4.69, 9.17) is 4.74 Å². The van der Waals surface area contributed by atoms with Gasteiger partial charge in [-0.2, -0.15) is 0 Å². The average molecular weight is 252 g/mol. The van der Waals surface area contributed by atoms with Gasteiger partial charge in [-0.15, -0.1) is 0 Å². The Balaban J connectivity index is 2.04. The largest absolute Gasteiger partial charge is 0.423 e. The van der Waals surface area contributed by atoms with Crippen molar-refractivity contribution in [3.63, 3.8) is 0 Å². The molecule has 0 heterocycles. The molecule has 19 heavy (non-hydrogen) atoms. The Labute approximate surface area is 113 Å². The monoisotopic (exact) mass is 252 g/mol. The van der Waals surface area contributed by atoms with Crippen LogP contribution in [0.15, 0.2) is 54.6 Å². The fraction of sp³-hybridized carbons (Fsp3) is 0.118. The van der Waals surface area contributed by atoms with Crippen LogP contribution in [0.3, 0.4) is 0 Å². The first kappa shape index (κ1) is 13.1. The molecule has 2 heteroatoms. The lowest BCUT2D eigenvalue weighted by atomic mass is 10.1. The molecule has 0 N–H and O–H groups in total. The van der Waals surface area contributed by atoms with Crippen molar-refractivity contribution in [3.05, 3.63) is 71.3 Å². The van der Waals surface area contributed by atoms with Gasteiger partial charge in [0.2, 0.25) is 0 Å². The van der Waals surface area contributed by atoms with Gasteiger partial charge in [-0.3, -0.25) is 0 Å². The molecule has 0 saturated heterocycles. The first-order valence-electron chi connectivity index (χ1n) is 6.17. The van der Waals surface area contributed by atoms with Gasteiger partial charge in [-0.1, -0.05) is 48.0 Å². The molecule has 0 bridgehead atoms. The average Bonchev–Trinajstić information content (AvgIpc) is 2.41. The fourth-order valence-electron chi connectivity index (χ4n) is 1.78. The summed E-state index contributed by atoms with van der Waals surface area (Å²) in [5.41, 5.74) is 3.08. The van der Waals surface area contributed by atoms with Gasteiger partial charge in [0.25, 0.3) is 0 Å². The molecule has 0 fully saturated rings. The number of ether oxygens (including phenoxy) is 1. The quantitative estimate of drug-likeness (QED) is 0.470. The molecule has 0 aliphatic rings. The van der Waals surface area contributed by atoms with E-state index in [-0.39, 0.29) is 5.97 Å². The summed E-state index contributed by atoms with van der Waals surface area (Å²) in [4.78, 5) is 11.7. The van der Waals surface area contributed by atoms with Gasteiger partial charge in [-0.25, -0.2) is 4.79 Å². The highest BCUT2D eigenvalue weighted by Crippen LogP contribution is 2.19. The Morgan fingerprint density at radius 1 is 1.05 bits per heavy atom. The van der Waals surface area contributed by atoms with Crippen LogP contribution in [-0.4, -0.2) is 5.97 Å². The molecule has 0 unspecified atom stereocenters. The van der Waals surface area contributed by atoms with E-state index in [1.54, 1.807) is 6.08 Å². The first-order chi connectivity index (χ1) is 9.15. The maximum absolute atomic E-state index is 11.7. The number of hydrogen-bond donors (Lipinski definition) is 0. The van der Waals surface area contributed by atoms with Gasteiger partial charge in [-0.05, 0) is 37.1 Å². The highest BCUT2D eigenvalue weighted by Gasteiger charge is 2.03. The zero-order valence-corrected chi connectivity index (χ0v) is 11.1. The third kappa shape index (κ3) is 3.81. The van der Waals surface area contributed by atoms with Gasteiger partial charge in [0.15, 0.2) is 0 Å². The number of benzene rings is 2. The zero-order valence-electron chi connectivity index (χ0n) is 11.1. The molecular weight excluding hydrogens is 236 g/mol. The van der Waals surface area contributed by atoms with Crippen LogP contribution in [-0.2, 0) is 4.79 Å². The van der Waals surface area contributed by atoms with Crippen LogP contribution >= 0.6 is 0 Å². The normalized spacial score (nSPS) is 10.6. The van der Waals surface area contributed by atoms with E-state index in [0.29, 0.717) is 5.75 Å².